The van der Waals surface area contributed by atoms with Crippen molar-refractivity contribution >= 4 is 5.97 Å². The van der Waals surface area contributed by atoms with Crippen molar-refractivity contribution in [2.24, 2.45) is 5.92 Å². The fourth-order valence-corrected chi connectivity index (χ4v) is 2.06. The van der Waals surface area contributed by atoms with E-state index in [0.29, 0.717) is 6.10 Å². The van der Waals surface area contributed by atoms with Gasteiger partial charge in [0.25, 0.3) is 0 Å². The van der Waals surface area contributed by atoms with Crippen LogP contribution in [0, 0.1) is 5.92 Å². The minimum absolute atomic E-state index is 0.0828. The average molecular weight is 229 g/mol. The summed E-state index contributed by atoms with van der Waals surface area (Å²) in [6.45, 7) is 8.71. The summed E-state index contributed by atoms with van der Waals surface area (Å²) in [5, 5.41) is 0. The molecule has 94 valence electrons. The van der Waals surface area contributed by atoms with Crippen LogP contribution in [0.3, 0.4) is 0 Å². The summed E-state index contributed by atoms with van der Waals surface area (Å²) in [4.78, 5) is 13.8. The Hall–Kier alpha value is -0.610. The van der Waals surface area contributed by atoms with E-state index in [9.17, 15) is 4.79 Å². The number of ether oxygens (including phenoxy) is 2. The summed E-state index contributed by atoms with van der Waals surface area (Å²) in [6.07, 6.45) is 1.33. The summed E-state index contributed by atoms with van der Waals surface area (Å²) < 4.78 is 10.4. The van der Waals surface area contributed by atoms with Gasteiger partial charge in [0.1, 0.15) is 0 Å². The quantitative estimate of drug-likeness (QED) is 0.681. The van der Waals surface area contributed by atoms with Gasteiger partial charge in [-0.25, -0.2) is 0 Å². The van der Waals surface area contributed by atoms with Crippen LogP contribution < -0.4 is 0 Å². The van der Waals surface area contributed by atoms with Crippen molar-refractivity contribution in [3.8, 4) is 0 Å². The number of esters is 1. The molecule has 0 N–H and O–H groups in total. The van der Waals surface area contributed by atoms with Crippen molar-refractivity contribution in [1.82, 2.24) is 4.90 Å². The van der Waals surface area contributed by atoms with Gasteiger partial charge in [0.2, 0.25) is 0 Å². The number of nitrogens with zero attached hydrogens (tertiary/aromatic N) is 1. The van der Waals surface area contributed by atoms with E-state index in [1.165, 1.54) is 7.11 Å². The number of hydrogen-bond acceptors (Lipinski definition) is 4. The van der Waals surface area contributed by atoms with Crippen LogP contribution >= 0.6 is 0 Å². The zero-order valence-corrected chi connectivity index (χ0v) is 10.7. The predicted molar refractivity (Wildman–Crippen MR) is 62.2 cm³/mol. The standard InChI is InChI=1S/C12H23NO3/c1-5-11-8-13(6-7-16-11)10(3)9(2)12(14)15-4/h9-11H,5-8H2,1-4H3. The molecule has 4 nitrogen and oxygen atoms in total. The van der Waals surface area contributed by atoms with E-state index in [-0.39, 0.29) is 17.9 Å². The minimum Gasteiger partial charge on any atom is -0.469 e. The highest BCUT2D eigenvalue weighted by Crippen LogP contribution is 2.17. The van der Waals surface area contributed by atoms with E-state index in [2.05, 4.69) is 18.7 Å². The molecule has 0 spiro atoms. The van der Waals surface area contributed by atoms with E-state index in [1.807, 2.05) is 6.92 Å². The van der Waals surface area contributed by atoms with E-state index in [4.69, 9.17) is 9.47 Å². The number of methoxy groups -OCH3 is 1. The smallest absolute Gasteiger partial charge is 0.309 e. The maximum absolute atomic E-state index is 11.5. The Bertz CT molecular complexity index is 232. The van der Waals surface area contributed by atoms with E-state index in [1.54, 1.807) is 0 Å². The van der Waals surface area contributed by atoms with Crippen molar-refractivity contribution in [2.45, 2.75) is 39.3 Å². The molecule has 0 saturated carbocycles. The van der Waals surface area contributed by atoms with Crippen molar-refractivity contribution in [3.05, 3.63) is 0 Å². The summed E-state index contributed by atoms with van der Waals surface area (Å²) in [6, 6.07) is 0.213. The van der Waals surface area contributed by atoms with Crippen LogP contribution in [0.5, 0.6) is 0 Å². The van der Waals surface area contributed by atoms with E-state index < -0.39 is 0 Å². The lowest BCUT2D eigenvalue weighted by Crippen LogP contribution is -2.49. The van der Waals surface area contributed by atoms with Gasteiger partial charge in [-0.3, -0.25) is 9.69 Å². The molecule has 0 aromatic rings. The van der Waals surface area contributed by atoms with Crippen LogP contribution in [0.1, 0.15) is 27.2 Å². The van der Waals surface area contributed by atoms with Gasteiger partial charge in [0.05, 0.1) is 25.7 Å². The number of morpholine rings is 1. The molecular formula is C12H23NO3. The summed E-state index contributed by atoms with van der Waals surface area (Å²) in [7, 11) is 1.44. The lowest BCUT2D eigenvalue weighted by Gasteiger charge is -2.38. The van der Waals surface area contributed by atoms with Crippen molar-refractivity contribution in [3.63, 3.8) is 0 Å². The maximum atomic E-state index is 11.5. The molecule has 1 saturated heterocycles. The molecule has 0 bridgehead atoms. The van der Waals surface area contributed by atoms with E-state index in [0.717, 1.165) is 26.1 Å². The Balaban J connectivity index is 2.52. The van der Waals surface area contributed by atoms with Gasteiger partial charge in [-0.05, 0) is 13.3 Å². The van der Waals surface area contributed by atoms with Crippen molar-refractivity contribution in [1.29, 1.82) is 0 Å². The second-order valence-electron chi connectivity index (χ2n) is 4.45. The number of carbonyl (C=O) groups excluding carboxylic acids is 1. The number of rotatable bonds is 4. The maximum Gasteiger partial charge on any atom is 0.309 e. The Labute approximate surface area is 97.9 Å². The third-order valence-electron chi connectivity index (χ3n) is 3.50. The molecule has 1 aliphatic rings. The first-order chi connectivity index (χ1) is 7.60. The highest BCUT2D eigenvalue weighted by atomic mass is 16.5. The third kappa shape index (κ3) is 3.19. The van der Waals surface area contributed by atoms with Gasteiger partial charge in [-0.2, -0.15) is 0 Å². The molecule has 4 heteroatoms. The molecule has 0 aliphatic carbocycles. The highest BCUT2D eigenvalue weighted by molar-refractivity contribution is 5.72. The molecule has 0 aromatic heterocycles. The Kier molecular flexibility index (Phi) is 5.22. The SMILES string of the molecule is CCC1CN(C(C)C(C)C(=O)OC)CCO1. The Morgan fingerprint density at radius 3 is 2.81 bits per heavy atom. The van der Waals surface area contributed by atoms with Crippen LogP contribution in [-0.2, 0) is 14.3 Å². The molecule has 1 rings (SSSR count). The molecule has 0 amide bonds. The zero-order valence-electron chi connectivity index (χ0n) is 10.7. The topological polar surface area (TPSA) is 38.8 Å². The first-order valence-electron chi connectivity index (χ1n) is 6.03. The van der Waals surface area contributed by atoms with Gasteiger partial charge in [-0.1, -0.05) is 13.8 Å². The van der Waals surface area contributed by atoms with Crippen LogP contribution in [-0.4, -0.2) is 49.8 Å². The second kappa shape index (κ2) is 6.21. The van der Waals surface area contributed by atoms with Crippen molar-refractivity contribution < 1.29 is 14.3 Å². The van der Waals surface area contributed by atoms with Gasteiger partial charge in [0.15, 0.2) is 0 Å². The Morgan fingerprint density at radius 2 is 2.25 bits per heavy atom. The molecule has 1 aliphatic heterocycles. The van der Waals surface area contributed by atoms with Gasteiger partial charge < -0.3 is 9.47 Å². The van der Waals surface area contributed by atoms with Crippen LogP contribution in [0.15, 0.2) is 0 Å². The molecular weight excluding hydrogens is 206 g/mol. The monoisotopic (exact) mass is 229 g/mol. The first-order valence-corrected chi connectivity index (χ1v) is 6.03. The minimum atomic E-state index is -0.132. The van der Waals surface area contributed by atoms with E-state index >= 15 is 0 Å². The molecule has 3 unspecified atom stereocenters. The van der Waals surface area contributed by atoms with Gasteiger partial charge in [0, 0.05) is 19.1 Å². The second-order valence-corrected chi connectivity index (χ2v) is 4.45. The summed E-state index contributed by atoms with van der Waals surface area (Å²) in [5.41, 5.74) is 0. The predicted octanol–water partition coefficient (Wildman–Crippen LogP) is 1.29. The largest absolute Gasteiger partial charge is 0.469 e. The van der Waals surface area contributed by atoms with Crippen LogP contribution in [0.4, 0.5) is 0 Å². The molecule has 1 fully saturated rings. The Morgan fingerprint density at radius 1 is 1.56 bits per heavy atom. The zero-order chi connectivity index (χ0) is 12.1. The summed E-state index contributed by atoms with van der Waals surface area (Å²) in [5.74, 6) is -0.215. The molecule has 1 heterocycles. The van der Waals surface area contributed by atoms with Gasteiger partial charge >= 0.3 is 5.97 Å². The third-order valence-corrected chi connectivity index (χ3v) is 3.50. The van der Waals surface area contributed by atoms with Crippen LogP contribution in [0.25, 0.3) is 0 Å². The fraction of sp³-hybridized carbons (Fsp3) is 0.917. The first kappa shape index (κ1) is 13.5. The lowest BCUT2D eigenvalue weighted by molar-refractivity contribution is -0.148. The van der Waals surface area contributed by atoms with Crippen molar-refractivity contribution in [2.75, 3.05) is 26.8 Å². The lowest BCUT2D eigenvalue weighted by atomic mass is 10.0. The molecule has 0 radical (unpaired) electrons. The van der Waals surface area contributed by atoms with Gasteiger partial charge in [-0.15, -0.1) is 0 Å². The molecule has 3 atom stereocenters. The normalized spacial score (nSPS) is 26.1. The highest BCUT2D eigenvalue weighted by Gasteiger charge is 2.29. The number of hydrogen-bond donors (Lipinski definition) is 0. The molecule has 16 heavy (non-hydrogen) atoms. The average Bonchev–Trinajstić information content (AvgIpc) is 2.36. The number of carbonyl (C=O) groups is 1. The molecule has 0 aromatic carbocycles. The fourth-order valence-electron chi connectivity index (χ4n) is 2.06. The van der Waals surface area contributed by atoms with Crippen LogP contribution in [0.2, 0.25) is 0 Å². The summed E-state index contributed by atoms with van der Waals surface area (Å²) >= 11 is 0.